The van der Waals surface area contributed by atoms with Gasteiger partial charge in [0.15, 0.2) is 0 Å². The second-order valence-corrected chi connectivity index (χ2v) is 7.53. The molecule has 2 rings (SSSR count). The molecule has 2 aliphatic rings. The van der Waals surface area contributed by atoms with Gasteiger partial charge >= 0.3 is 0 Å². The number of rotatable bonds is 1. The minimum Gasteiger partial charge on any atom is -0.339 e. The fourth-order valence-electron chi connectivity index (χ4n) is 3.50. The fraction of sp³-hybridized carbons (Fsp3) is 0.933. The van der Waals surface area contributed by atoms with Gasteiger partial charge in [0.25, 0.3) is 0 Å². The van der Waals surface area contributed by atoms with Crippen LogP contribution in [0.3, 0.4) is 0 Å². The largest absolute Gasteiger partial charge is 0.339 e. The van der Waals surface area contributed by atoms with Gasteiger partial charge in [-0.1, -0.05) is 20.3 Å². The van der Waals surface area contributed by atoms with E-state index < -0.39 is 0 Å². The SMILES string of the molecule is CC1(C)CCCC(C(=O)N2CCNC(C)(C)C2)C1. The molecule has 1 aliphatic heterocycles. The van der Waals surface area contributed by atoms with Crippen LogP contribution in [0.2, 0.25) is 0 Å². The zero-order valence-electron chi connectivity index (χ0n) is 12.4. The molecule has 3 nitrogen and oxygen atoms in total. The van der Waals surface area contributed by atoms with E-state index in [1.807, 2.05) is 0 Å². The molecular weight excluding hydrogens is 224 g/mol. The van der Waals surface area contributed by atoms with Crippen molar-refractivity contribution >= 4 is 5.91 Å². The van der Waals surface area contributed by atoms with Crippen molar-refractivity contribution < 1.29 is 4.79 Å². The molecule has 104 valence electrons. The number of carbonyl (C=O) groups is 1. The summed E-state index contributed by atoms with van der Waals surface area (Å²) >= 11 is 0. The van der Waals surface area contributed by atoms with Crippen LogP contribution in [0.5, 0.6) is 0 Å². The Hall–Kier alpha value is -0.570. The van der Waals surface area contributed by atoms with Crippen LogP contribution in [0.4, 0.5) is 0 Å². The van der Waals surface area contributed by atoms with Crippen molar-refractivity contribution in [3.63, 3.8) is 0 Å². The van der Waals surface area contributed by atoms with E-state index in [0.717, 1.165) is 32.5 Å². The van der Waals surface area contributed by atoms with E-state index in [1.54, 1.807) is 0 Å². The van der Waals surface area contributed by atoms with Gasteiger partial charge in [-0.3, -0.25) is 4.79 Å². The third-order valence-electron chi connectivity index (χ3n) is 4.44. The topological polar surface area (TPSA) is 32.3 Å². The van der Waals surface area contributed by atoms with Crippen molar-refractivity contribution in [1.29, 1.82) is 0 Å². The van der Waals surface area contributed by atoms with E-state index in [0.29, 0.717) is 11.3 Å². The van der Waals surface area contributed by atoms with E-state index in [4.69, 9.17) is 0 Å². The normalized spacial score (nSPS) is 31.1. The lowest BCUT2D eigenvalue weighted by Crippen LogP contribution is -2.59. The molecule has 1 amide bonds. The van der Waals surface area contributed by atoms with Gasteiger partial charge in [-0.2, -0.15) is 0 Å². The van der Waals surface area contributed by atoms with E-state index in [9.17, 15) is 4.79 Å². The van der Waals surface area contributed by atoms with Gasteiger partial charge in [-0.15, -0.1) is 0 Å². The number of nitrogens with zero attached hydrogens (tertiary/aromatic N) is 1. The average Bonchev–Trinajstić information content (AvgIpc) is 2.25. The summed E-state index contributed by atoms with van der Waals surface area (Å²) in [5.74, 6) is 0.667. The van der Waals surface area contributed by atoms with Crippen molar-refractivity contribution in [3.05, 3.63) is 0 Å². The molecule has 0 aromatic rings. The summed E-state index contributed by atoms with van der Waals surface area (Å²) in [5.41, 5.74) is 0.417. The quantitative estimate of drug-likeness (QED) is 0.777. The first-order valence-corrected chi connectivity index (χ1v) is 7.33. The summed E-state index contributed by atoms with van der Waals surface area (Å²) in [6.07, 6.45) is 4.63. The van der Waals surface area contributed by atoms with Crippen LogP contribution in [0.15, 0.2) is 0 Å². The summed E-state index contributed by atoms with van der Waals surface area (Å²) < 4.78 is 0. The van der Waals surface area contributed by atoms with Gasteiger partial charge < -0.3 is 10.2 Å². The molecule has 18 heavy (non-hydrogen) atoms. The molecule has 2 fully saturated rings. The van der Waals surface area contributed by atoms with Crippen molar-refractivity contribution in [2.45, 2.75) is 58.9 Å². The van der Waals surface area contributed by atoms with Gasteiger partial charge in [0, 0.05) is 31.1 Å². The molecule has 0 aromatic heterocycles. The van der Waals surface area contributed by atoms with Crippen molar-refractivity contribution in [2.75, 3.05) is 19.6 Å². The lowest BCUT2D eigenvalue weighted by Gasteiger charge is -2.42. The second kappa shape index (κ2) is 4.84. The zero-order chi connectivity index (χ0) is 13.4. The summed E-state index contributed by atoms with van der Waals surface area (Å²) in [6, 6.07) is 0. The predicted molar refractivity (Wildman–Crippen MR) is 74.4 cm³/mol. The smallest absolute Gasteiger partial charge is 0.225 e. The average molecular weight is 252 g/mol. The third kappa shape index (κ3) is 3.25. The maximum Gasteiger partial charge on any atom is 0.225 e. The van der Waals surface area contributed by atoms with E-state index in [2.05, 4.69) is 37.9 Å². The number of hydrogen-bond donors (Lipinski definition) is 1. The Morgan fingerprint density at radius 1 is 1.28 bits per heavy atom. The molecule has 1 unspecified atom stereocenters. The molecule has 1 heterocycles. The van der Waals surface area contributed by atoms with Gasteiger partial charge in [-0.25, -0.2) is 0 Å². The van der Waals surface area contributed by atoms with Crippen LogP contribution >= 0.6 is 0 Å². The lowest BCUT2D eigenvalue weighted by atomic mass is 9.72. The first kappa shape index (κ1) is 13.9. The van der Waals surface area contributed by atoms with Crippen molar-refractivity contribution in [2.24, 2.45) is 11.3 Å². The summed E-state index contributed by atoms with van der Waals surface area (Å²) in [6.45, 7) is 11.6. The van der Waals surface area contributed by atoms with Crippen LogP contribution in [0, 0.1) is 11.3 Å². The lowest BCUT2D eigenvalue weighted by molar-refractivity contribution is -0.140. The van der Waals surface area contributed by atoms with Crippen LogP contribution in [0.25, 0.3) is 0 Å². The van der Waals surface area contributed by atoms with Crippen LogP contribution in [-0.2, 0) is 4.79 Å². The minimum atomic E-state index is 0.0676. The predicted octanol–water partition coefficient (Wildman–Crippen LogP) is 2.41. The first-order chi connectivity index (χ1) is 8.29. The second-order valence-electron chi connectivity index (χ2n) is 7.53. The minimum absolute atomic E-state index is 0.0676. The zero-order valence-corrected chi connectivity index (χ0v) is 12.4. The van der Waals surface area contributed by atoms with E-state index in [1.165, 1.54) is 12.8 Å². The molecule has 0 spiro atoms. The van der Waals surface area contributed by atoms with Crippen LogP contribution in [0.1, 0.15) is 53.4 Å². The van der Waals surface area contributed by atoms with Crippen LogP contribution < -0.4 is 5.32 Å². The molecule has 1 aliphatic carbocycles. The first-order valence-electron chi connectivity index (χ1n) is 7.33. The highest BCUT2D eigenvalue weighted by Crippen LogP contribution is 2.39. The maximum absolute atomic E-state index is 12.6. The molecule has 0 aromatic carbocycles. The van der Waals surface area contributed by atoms with E-state index in [-0.39, 0.29) is 11.5 Å². The maximum atomic E-state index is 12.6. The third-order valence-corrected chi connectivity index (χ3v) is 4.44. The van der Waals surface area contributed by atoms with Crippen molar-refractivity contribution in [3.8, 4) is 0 Å². The van der Waals surface area contributed by atoms with Gasteiger partial charge in [0.2, 0.25) is 5.91 Å². The molecule has 1 saturated heterocycles. The number of carbonyl (C=O) groups excluding carboxylic acids is 1. The monoisotopic (exact) mass is 252 g/mol. The Balaban J connectivity index is 1.98. The number of hydrogen-bond acceptors (Lipinski definition) is 2. The summed E-state index contributed by atoms with van der Waals surface area (Å²) in [7, 11) is 0. The standard InChI is InChI=1S/C15H28N2O/c1-14(2)7-5-6-12(10-14)13(18)17-9-8-16-15(3,4)11-17/h12,16H,5-11H2,1-4H3. The van der Waals surface area contributed by atoms with Gasteiger partial charge in [0.05, 0.1) is 0 Å². The number of amides is 1. The molecule has 1 N–H and O–H groups in total. The fourth-order valence-corrected chi connectivity index (χ4v) is 3.50. The Morgan fingerprint density at radius 2 is 2.00 bits per heavy atom. The molecule has 0 radical (unpaired) electrons. The Labute approximate surface area is 111 Å². The van der Waals surface area contributed by atoms with E-state index >= 15 is 0 Å². The highest BCUT2D eigenvalue weighted by atomic mass is 16.2. The summed E-state index contributed by atoms with van der Waals surface area (Å²) in [4.78, 5) is 14.7. The molecule has 1 atom stereocenters. The highest BCUT2D eigenvalue weighted by Gasteiger charge is 2.36. The van der Waals surface area contributed by atoms with Gasteiger partial charge in [0.1, 0.15) is 0 Å². The Morgan fingerprint density at radius 3 is 2.61 bits per heavy atom. The summed E-state index contributed by atoms with van der Waals surface area (Å²) in [5, 5.41) is 3.47. The molecule has 1 saturated carbocycles. The van der Waals surface area contributed by atoms with Crippen molar-refractivity contribution in [1.82, 2.24) is 10.2 Å². The van der Waals surface area contributed by atoms with Crippen LogP contribution in [-0.4, -0.2) is 36.0 Å². The number of piperazine rings is 1. The van der Waals surface area contributed by atoms with Gasteiger partial charge in [-0.05, 0) is 38.5 Å². The molecule has 3 heteroatoms. The highest BCUT2D eigenvalue weighted by molar-refractivity contribution is 5.79. The Kier molecular flexibility index (Phi) is 3.72. The molecule has 0 bridgehead atoms. The number of nitrogens with one attached hydrogen (secondary N) is 1. The molecular formula is C15H28N2O. The Bertz CT molecular complexity index is 292.